The molecule has 0 spiro atoms. The predicted octanol–water partition coefficient (Wildman–Crippen LogP) is 9.02. The van der Waals surface area contributed by atoms with E-state index < -0.39 is 9.84 Å². The van der Waals surface area contributed by atoms with E-state index in [9.17, 15) is 8.42 Å². The van der Waals surface area contributed by atoms with Crippen molar-refractivity contribution in [2.75, 3.05) is 0 Å². The van der Waals surface area contributed by atoms with Crippen molar-refractivity contribution in [2.24, 2.45) is 0 Å². The van der Waals surface area contributed by atoms with Crippen molar-refractivity contribution in [1.82, 2.24) is 15.0 Å². The molecule has 6 aromatic carbocycles. The summed E-state index contributed by atoms with van der Waals surface area (Å²) in [7, 11) is -3.55. The second kappa shape index (κ2) is 10.8. The van der Waals surface area contributed by atoms with Gasteiger partial charge in [-0.05, 0) is 34.4 Å². The Kier molecular flexibility index (Phi) is 6.43. The Bertz CT molecular complexity index is 2300. The highest BCUT2D eigenvalue weighted by atomic mass is 32.2. The zero-order chi connectivity index (χ0) is 30.4. The van der Waals surface area contributed by atoms with E-state index in [1.54, 1.807) is 18.2 Å². The lowest BCUT2D eigenvalue weighted by molar-refractivity contribution is 0.598. The fraction of sp³-hybridized carbons (Fsp3) is 0. The first-order valence-corrected chi connectivity index (χ1v) is 16.1. The molecule has 1 aliphatic heterocycles. The Morgan fingerprint density at radius 3 is 1.29 bits per heavy atom. The van der Waals surface area contributed by atoms with Gasteiger partial charge in [-0.1, -0.05) is 140 Å². The maximum atomic E-state index is 13.3. The summed E-state index contributed by atoms with van der Waals surface area (Å²) in [5.74, 6) is 1.74. The van der Waals surface area contributed by atoms with E-state index in [0.29, 0.717) is 27.3 Å². The van der Waals surface area contributed by atoms with Crippen molar-refractivity contribution < 1.29 is 8.42 Å². The van der Waals surface area contributed by atoms with Crippen molar-refractivity contribution >= 4 is 9.84 Å². The van der Waals surface area contributed by atoms with Gasteiger partial charge in [0.15, 0.2) is 17.5 Å². The van der Waals surface area contributed by atoms with E-state index >= 15 is 0 Å². The van der Waals surface area contributed by atoms with E-state index in [1.165, 1.54) is 0 Å². The highest BCUT2D eigenvalue weighted by molar-refractivity contribution is 7.92. The Morgan fingerprint density at radius 2 is 0.711 bits per heavy atom. The molecule has 0 saturated heterocycles. The molecule has 0 atom stereocenters. The third-order valence-corrected chi connectivity index (χ3v) is 9.98. The summed E-state index contributed by atoms with van der Waals surface area (Å²) in [6.45, 7) is 0. The van der Waals surface area contributed by atoms with Crippen LogP contribution in [0.4, 0.5) is 0 Å². The first-order chi connectivity index (χ1) is 22.0. The second-order valence-electron chi connectivity index (χ2n) is 10.9. The Morgan fingerprint density at radius 1 is 0.333 bits per heavy atom. The van der Waals surface area contributed by atoms with Crippen LogP contribution >= 0.6 is 0 Å². The molecule has 0 aliphatic carbocycles. The molecule has 0 saturated carbocycles. The molecular weight excluding hydrogens is 575 g/mol. The molecule has 0 amide bonds. The third-order valence-electron chi connectivity index (χ3n) is 8.13. The van der Waals surface area contributed by atoms with Gasteiger partial charge in [0.25, 0.3) is 0 Å². The molecule has 6 heteroatoms. The number of hydrogen-bond acceptors (Lipinski definition) is 5. The summed E-state index contributed by atoms with van der Waals surface area (Å²) in [6, 6.07) is 49.1. The van der Waals surface area contributed by atoms with Crippen molar-refractivity contribution in [2.45, 2.75) is 9.79 Å². The van der Waals surface area contributed by atoms with Crippen molar-refractivity contribution in [3.8, 4) is 67.5 Å². The van der Waals surface area contributed by atoms with Crippen LogP contribution in [0.5, 0.6) is 0 Å². The van der Waals surface area contributed by atoms with Gasteiger partial charge in [-0.15, -0.1) is 0 Å². The number of aromatic nitrogens is 3. The molecule has 2 heterocycles. The van der Waals surface area contributed by atoms with Gasteiger partial charge in [-0.3, -0.25) is 0 Å². The van der Waals surface area contributed by atoms with Gasteiger partial charge in [0.2, 0.25) is 9.84 Å². The van der Waals surface area contributed by atoms with Crippen LogP contribution in [0.3, 0.4) is 0 Å². The minimum Gasteiger partial charge on any atom is -0.218 e. The first-order valence-electron chi connectivity index (χ1n) is 14.6. The number of nitrogens with zero attached hydrogens (tertiary/aromatic N) is 3. The largest absolute Gasteiger partial charge is 0.218 e. The van der Waals surface area contributed by atoms with Crippen LogP contribution in [0.2, 0.25) is 0 Å². The number of rotatable bonds is 5. The van der Waals surface area contributed by atoms with Gasteiger partial charge < -0.3 is 0 Å². The SMILES string of the molecule is O=S1(=O)c2ccccc2-c2ccc(-c3ccc(-c4nc(-c5ccccc5)nc(-c5ccc(-c6ccccc6)cc5)n4)cc3)cc21. The Labute approximate surface area is 261 Å². The van der Waals surface area contributed by atoms with E-state index in [-0.39, 0.29) is 0 Å². The molecule has 0 fully saturated rings. The fourth-order valence-electron chi connectivity index (χ4n) is 5.79. The smallest absolute Gasteiger partial charge is 0.207 e. The summed E-state index contributed by atoms with van der Waals surface area (Å²) in [5, 5.41) is 0. The molecule has 8 rings (SSSR count). The lowest BCUT2D eigenvalue weighted by Gasteiger charge is -2.10. The minimum absolute atomic E-state index is 0.346. The van der Waals surface area contributed by atoms with Crippen LogP contribution in [0.25, 0.3) is 67.5 Å². The van der Waals surface area contributed by atoms with Gasteiger partial charge in [-0.25, -0.2) is 23.4 Å². The Balaban J connectivity index is 1.16. The molecule has 0 radical (unpaired) electrons. The third kappa shape index (κ3) is 4.82. The number of hydrogen-bond donors (Lipinski definition) is 0. The van der Waals surface area contributed by atoms with Gasteiger partial charge in [0.1, 0.15) is 0 Å². The molecule has 0 bridgehead atoms. The van der Waals surface area contributed by atoms with Crippen molar-refractivity contribution in [1.29, 1.82) is 0 Å². The van der Waals surface area contributed by atoms with Gasteiger partial charge >= 0.3 is 0 Å². The van der Waals surface area contributed by atoms with Gasteiger partial charge in [0, 0.05) is 27.8 Å². The zero-order valence-electron chi connectivity index (χ0n) is 24.0. The molecule has 0 N–H and O–H groups in total. The molecule has 7 aromatic rings. The Hall–Kier alpha value is -5.72. The average molecular weight is 600 g/mol. The van der Waals surface area contributed by atoms with Crippen LogP contribution in [0, 0.1) is 0 Å². The monoisotopic (exact) mass is 599 g/mol. The highest BCUT2D eigenvalue weighted by Gasteiger charge is 2.32. The molecular formula is C39H25N3O2S. The predicted molar refractivity (Wildman–Crippen MR) is 178 cm³/mol. The highest BCUT2D eigenvalue weighted by Crippen LogP contribution is 2.44. The quantitative estimate of drug-likeness (QED) is 0.197. The lowest BCUT2D eigenvalue weighted by Crippen LogP contribution is -2.00. The molecule has 214 valence electrons. The van der Waals surface area contributed by atoms with Gasteiger partial charge in [-0.2, -0.15) is 0 Å². The molecule has 45 heavy (non-hydrogen) atoms. The molecule has 1 aromatic heterocycles. The topological polar surface area (TPSA) is 72.8 Å². The van der Waals surface area contributed by atoms with Crippen molar-refractivity contribution in [3.05, 3.63) is 152 Å². The average Bonchev–Trinajstić information content (AvgIpc) is 3.34. The summed E-state index contributed by atoms with van der Waals surface area (Å²) in [6.07, 6.45) is 0. The van der Waals surface area contributed by atoms with Crippen LogP contribution in [0.15, 0.2) is 161 Å². The number of fused-ring (bicyclic) bond motifs is 3. The van der Waals surface area contributed by atoms with Crippen LogP contribution in [-0.2, 0) is 9.84 Å². The minimum atomic E-state index is -3.55. The summed E-state index contributed by atoms with van der Waals surface area (Å²) in [5.41, 5.74) is 8.14. The second-order valence-corrected chi connectivity index (χ2v) is 12.8. The van der Waals surface area contributed by atoms with E-state index in [2.05, 4.69) is 24.3 Å². The summed E-state index contributed by atoms with van der Waals surface area (Å²) in [4.78, 5) is 15.3. The van der Waals surface area contributed by atoms with E-state index in [0.717, 1.165) is 50.1 Å². The fourth-order valence-corrected chi connectivity index (χ4v) is 7.51. The maximum Gasteiger partial charge on any atom is 0.207 e. The van der Waals surface area contributed by atoms with Gasteiger partial charge in [0.05, 0.1) is 9.79 Å². The summed E-state index contributed by atoms with van der Waals surface area (Å²) >= 11 is 0. The zero-order valence-corrected chi connectivity index (χ0v) is 24.8. The van der Waals surface area contributed by atoms with Crippen LogP contribution in [0.1, 0.15) is 0 Å². The standard InChI is InChI=1S/C39H25N3O2S/c43-45(44)35-14-8-7-13-33(35)34-24-23-32(25-36(34)45)28-17-21-31(22-18-28)39-41-37(29-11-5-2-6-12-29)40-38(42-39)30-19-15-27(16-20-30)26-9-3-1-4-10-26/h1-25H. The maximum absolute atomic E-state index is 13.3. The van der Waals surface area contributed by atoms with E-state index in [4.69, 9.17) is 15.0 Å². The van der Waals surface area contributed by atoms with Crippen LogP contribution in [-0.4, -0.2) is 23.4 Å². The van der Waals surface area contributed by atoms with Crippen molar-refractivity contribution in [3.63, 3.8) is 0 Å². The first kappa shape index (κ1) is 26.9. The lowest BCUT2D eigenvalue weighted by atomic mass is 9.99. The normalized spacial score (nSPS) is 12.8. The molecule has 0 unspecified atom stereocenters. The van der Waals surface area contributed by atoms with Crippen LogP contribution < -0.4 is 0 Å². The number of sulfone groups is 1. The molecule has 5 nitrogen and oxygen atoms in total. The summed E-state index contributed by atoms with van der Waals surface area (Å²) < 4.78 is 26.5. The van der Waals surface area contributed by atoms with E-state index in [1.807, 2.05) is 109 Å². The number of benzene rings is 6. The molecule has 1 aliphatic rings.